The van der Waals surface area contributed by atoms with Gasteiger partial charge in [0.25, 0.3) is 5.91 Å². The van der Waals surface area contributed by atoms with E-state index in [4.69, 9.17) is 27.6 Å². The van der Waals surface area contributed by atoms with Crippen molar-refractivity contribution >= 4 is 61.6 Å². The van der Waals surface area contributed by atoms with E-state index in [1.165, 1.54) is 22.3 Å². The van der Waals surface area contributed by atoms with Gasteiger partial charge >= 0.3 is 0 Å². The first-order valence-corrected chi connectivity index (χ1v) is 12.1. The number of hydrogen-bond acceptors (Lipinski definition) is 6. The largest absolute Gasteiger partial charge is 0.503 e. The molecule has 1 N–H and O–H groups in total. The van der Waals surface area contributed by atoms with E-state index in [9.17, 15) is 14.7 Å². The Bertz CT molecular complexity index is 1500. The molecular formula is C25H18Cl2N2O4S. The molecule has 1 amide bonds. The summed E-state index contributed by atoms with van der Waals surface area (Å²) in [6.07, 6.45) is 0.862. The molecule has 0 saturated heterocycles. The summed E-state index contributed by atoms with van der Waals surface area (Å²) in [4.78, 5) is 32.7. The summed E-state index contributed by atoms with van der Waals surface area (Å²) >= 11 is 13.7. The van der Waals surface area contributed by atoms with Crippen LogP contribution >= 0.6 is 34.5 Å². The minimum absolute atomic E-state index is 0.0237. The number of aryl methyl sites for hydroxylation is 2. The van der Waals surface area contributed by atoms with Gasteiger partial charge in [-0.2, -0.15) is 0 Å². The first-order valence-electron chi connectivity index (χ1n) is 10.5. The summed E-state index contributed by atoms with van der Waals surface area (Å²) in [7, 11) is 0. The highest BCUT2D eigenvalue weighted by Gasteiger charge is 2.46. The molecule has 2 aromatic heterocycles. The van der Waals surface area contributed by atoms with Crippen LogP contribution in [0, 0.1) is 6.92 Å². The third-order valence-electron chi connectivity index (χ3n) is 5.73. The second-order valence-corrected chi connectivity index (χ2v) is 9.73. The average molecular weight is 513 g/mol. The van der Waals surface area contributed by atoms with Crippen LogP contribution in [0.4, 0.5) is 5.13 Å². The molecule has 172 valence electrons. The molecule has 9 heteroatoms. The SMILES string of the molecule is CCc1ccc2nc(N3C(=O)C(O)=C(C(=O)c4ccc(C)o4)C3c3ccc(Cl)c(Cl)c3)sc2c1. The van der Waals surface area contributed by atoms with Gasteiger partial charge in [0, 0.05) is 0 Å². The predicted octanol–water partition coefficient (Wildman–Crippen LogP) is 6.85. The van der Waals surface area contributed by atoms with Gasteiger partial charge in [0.15, 0.2) is 16.7 Å². The minimum atomic E-state index is -0.966. The molecule has 3 heterocycles. The maximum absolute atomic E-state index is 13.4. The quantitative estimate of drug-likeness (QED) is 0.295. The van der Waals surface area contributed by atoms with Gasteiger partial charge in [0.05, 0.1) is 31.9 Å². The molecule has 0 bridgehead atoms. The van der Waals surface area contributed by atoms with Crippen molar-refractivity contribution in [1.82, 2.24) is 4.98 Å². The summed E-state index contributed by atoms with van der Waals surface area (Å²) in [5, 5.41) is 11.8. The van der Waals surface area contributed by atoms with Gasteiger partial charge in [-0.25, -0.2) is 4.98 Å². The van der Waals surface area contributed by atoms with E-state index < -0.39 is 23.5 Å². The Labute approximate surface area is 209 Å². The number of hydrogen-bond donors (Lipinski definition) is 1. The van der Waals surface area contributed by atoms with E-state index in [1.807, 2.05) is 18.2 Å². The molecule has 1 aliphatic heterocycles. The normalized spacial score (nSPS) is 16.2. The smallest absolute Gasteiger partial charge is 0.296 e. The zero-order valence-corrected chi connectivity index (χ0v) is 20.5. The van der Waals surface area contributed by atoms with E-state index >= 15 is 0 Å². The van der Waals surface area contributed by atoms with Gasteiger partial charge in [0.1, 0.15) is 5.76 Å². The highest BCUT2D eigenvalue weighted by molar-refractivity contribution is 7.22. The lowest BCUT2D eigenvalue weighted by Gasteiger charge is -2.24. The maximum Gasteiger partial charge on any atom is 0.296 e. The average Bonchev–Trinajstić information content (AvgIpc) is 3.51. The molecule has 2 aromatic carbocycles. The van der Waals surface area contributed by atoms with Crippen molar-refractivity contribution in [3.8, 4) is 0 Å². The Morgan fingerprint density at radius 1 is 1.15 bits per heavy atom. The van der Waals surface area contributed by atoms with E-state index in [1.54, 1.807) is 31.2 Å². The number of ketones is 1. The molecule has 1 atom stereocenters. The number of thiazole rings is 1. The fraction of sp³-hybridized carbons (Fsp3) is 0.160. The topological polar surface area (TPSA) is 83.6 Å². The Hall–Kier alpha value is -3.13. The molecular weight excluding hydrogens is 495 g/mol. The number of fused-ring (bicyclic) bond motifs is 1. The zero-order valence-electron chi connectivity index (χ0n) is 18.1. The summed E-state index contributed by atoms with van der Waals surface area (Å²) < 4.78 is 6.40. The fourth-order valence-electron chi connectivity index (χ4n) is 4.00. The van der Waals surface area contributed by atoms with Crippen molar-refractivity contribution in [1.29, 1.82) is 0 Å². The number of aliphatic hydroxyl groups is 1. The van der Waals surface area contributed by atoms with Crippen molar-refractivity contribution < 1.29 is 19.1 Å². The lowest BCUT2D eigenvalue weighted by Crippen LogP contribution is -2.31. The number of amides is 1. The van der Waals surface area contributed by atoms with Crippen molar-refractivity contribution in [3.05, 3.63) is 92.6 Å². The number of furan rings is 1. The van der Waals surface area contributed by atoms with E-state index in [0.29, 0.717) is 21.5 Å². The van der Waals surface area contributed by atoms with Gasteiger partial charge in [-0.15, -0.1) is 0 Å². The predicted molar refractivity (Wildman–Crippen MR) is 133 cm³/mol. The fourth-order valence-corrected chi connectivity index (χ4v) is 5.36. The number of nitrogens with zero attached hydrogens (tertiary/aromatic N) is 2. The number of carbonyl (C=O) groups excluding carboxylic acids is 2. The molecule has 34 heavy (non-hydrogen) atoms. The maximum atomic E-state index is 13.4. The number of anilines is 1. The molecule has 0 fully saturated rings. The minimum Gasteiger partial charge on any atom is -0.503 e. The monoisotopic (exact) mass is 512 g/mol. The van der Waals surface area contributed by atoms with Crippen molar-refractivity contribution in [2.45, 2.75) is 26.3 Å². The van der Waals surface area contributed by atoms with Crippen LogP contribution in [-0.2, 0) is 11.2 Å². The van der Waals surface area contributed by atoms with Crippen molar-refractivity contribution in [3.63, 3.8) is 0 Å². The molecule has 6 nitrogen and oxygen atoms in total. The Morgan fingerprint density at radius 2 is 1.94 bits per heavy atom. The van der Waals surface area contributed by atoms with Crippen molar-refractivity contribution in [2.75, 3.05) is 4.90 Å². The number of Topliss-reactive ketones (excluding diaryl/α,β-unsaturated/α-hetero) is 1. The number of aromatic nitrogens is 1. The molecule has 0 radical (unpaired) electrons. The molecule has 4 aromatic rings. The third kappa shape index (κ3) is 3.70. The molecule has 0 spiro atoms. The second kappa shape index (κ2) is 8.58. The first kappa shape index (κ1) is 22.7. The molecule has 1 aliphatic rings. The van der Waals surface area contributed by atoms with Crippen molar-refractivity contribution in [2.24, 2.45) is 0 Å². The van der Waals surface area contributed by atoms with E-state index in [0.717, 1.165) is 22.2 Å². The van der Waals surface area contributed by atoms with Crippen LogP contribution in [0.2, 0.25) is 10.0 Å². The van der Waals surface area contributed by atoms with Crippen LogP contribution in [0.3, 0.4) is 0 Å². The number of halogens is 2. The Kier molecular flexibility index (Phi) is 5.72. The van der Waals surface area contributed by atoms with Crippen LogP contribution in [0.5, 0.6) is 0 Å². The molecule has 5 rings (SSSR count). The van der Waals surface area contributed by atoms with Gasteiger partial charge in [-0.3, -0.25) is 14.5 Å². The highest BCUT2D eigenvalue weighted by atomic mass is 35.5. The molecule has 0 aliphatic carbocycles. The summed E-state index contributed by atoms with van der Waals surface area (Å²) in [6.45, 7) is 3.77. The Balaban J connectivity index is 1.68. The highest BCUT2D eigenvalue weighted by Crippen LogP contribution is 2.45. The number of rotatable bonds is 5. The van der Waals surface area contributed by atoms with Crippen LogP contribution in [0.15, 0.2) is 64.3 Å². The lowest BCUT2D eigenvalue weighted by atomic mass is 9.95. The van der Waals surface area contributed by atoms with Gasteiger partial charge in [-0.05, 0) is 60.9 Å². The number of aliphatic hydroxyl groups excluding tert-OH is 1. The van der Waals surface area contributed by atoms with E-state index in [-0.39, 0.29) is 16.4 Å². The van der Waals surface area contributed by atoms with Gasteiger partial charge in [-0.1, -0.05) is 53.6 Å². The lowest BCUT2D eigenvalue weighted by molar-refractivity contribution is -0.117. The summed E-state index contributed by atoms with van der Waals surface area (Å²) in [5.41, 5.74) is 2.26. The van der Waals surface area contributed by atoms with Crippen LogP contribution in [0.25, 0.3) is 10.2 Å². The van der Waals surface area contributed by atoms with Gasteiger partial charge in [0.2, 0.25) is 5.78 Å². The van der Waals surface area contributed by atoms with Gasteiger partial charge < -0.3 is 9.52 Å². The molecule has 0 saturated carbocycles. The van der Waals surface area contributed by atoms with Crippen LogP contribution in [0.1, 0.15) is 40.4 Å². The van der Waals surface area contributed by atoms with E-state index in [2.05, 4.69) is 11.9 Å². The number of carbonyl (C=O) groups is 2. The summed E-state index contributed by atoms with van der Waals surface area (Å²) in [6, 6.07) is 12.9. The molecule has 1 unspecified atom stereocenters. The van der Waals surface area contributed by atoms with Crippen LogP contribution in [-0.4, -0.2) is 21.8 Å². The number of benzene rings is 2. The summed E-state index contributed by atoms with van der Waals surface area (Å²) in [5.74, 6) is -1.41. The second-order valence-electron chi connectivity index (χ2n) is 7.91. The zero-order chi connectivity index (χ0) is 24.1. The standard InChI is InChI=1S/C25H18Cl2N2O4S/c1-3-13-5-8-17-19(10-13)34-25(28-17)29-21(14-6-7-15(26)16(27)11-14)20(23(31)24(29)32)22(30)18-9-4-12(2)33-18/h4-11,21,31H,3H2,1-2H3. The van der Waals surface area contributed by atoms with Crippen LogP contribution < -0.4 is 4.90 Å². The first-order chi connectivity index (χ1) is 16.3. The third-order valence-corrected chi connectivity index (χ3v) is 7.49. The Morgan fingerprint density at radius 3 is 2.62 bits per heavy atom.